The Bertz CT molecular complexity index is 674. The molecule has 0 unspecified atom stereocenters. The van der Waals surface area contributed by atoms with Crippen LogP contribution in [-0.4, -0.2) is 11.6 Å². The number of hydrogen-bond donors (Lipinski definition) is 0. The van der Waals surface area contributed by atoms with Crippen molar-refractivity contribution in [3.8, 4) is 0 Å². The highest BCUT2D eigenvalue weighted by molar-refractivity contribution is 6.57. The zero-order valence-electron chi connectivity index (χ0n) is 8.36. The van der Waals surface area contributed by atoms with Gasteiger partial charge in [0.25, 0.3) is 0 Å². The van der Waals surface area contributed by atoms with Crippen LogP contribution in [0.3, 0.4) is 0 Å². The quantitative estimate of drug-likeness (QED) is 0.587. The van der Waals surface area contributed by atoms with Gasteiger partial charge in [0.2, 0.25) is 11.6 Å². The van der Waals surface area contributed by atoms with Crippen molar-refractivity contribution < 1.29 is 9.59 Å². The number of fused-ring (bicyclic) bond motifs is 2. The monoisotopic (exact) mass is 207 g/mol. The smallest absolute Gasteiger partial charge is 0.234 e. The van der Waals surface area contributed by atoms with Gasteiger partial charge in [-0.05, 0) is 39.4 Å². The first kappa shape index (κ1) is 9.04. The minimum absolute atomic E-state index is 0.497. The minimum Gasteiger partial charge on any atom is -0.286 e. The third-order valence-corrected chi connectivity index (χ3v) is 2.68. The molecule has 3 rings (SSSR count). The van der Waals surface area contributed by atoms with Gasteiger partial charge in [0.1, 0.15) is 0 Å². The molecule has 0 aliphatic heterocycles. The molecule has 0 saturated carbocycles. The molecule has 0 heterocycles. The van der Waals surface area contributed by atoms with Crippen molar-refractivity contribution in [1.82, 2.24) is 0 Å². The lowest BCUT2D eigenvalue weighted by atomic mass is 10.0. The molecule has 0 bridgehead atoms. The van der Waals surface area contributed by atoms with E-state index >= 15 is 0 Å². The molecule has 2 heteroatoms. The number of ketones is 2. The lowest BCUT2D eigenvalue weighted by molar-refractivity contribution is -0.129. The Hall–Kier alpha value is -2.22. The molecule has 2 aromatic carbocycles. The summed E-state index contributed by atoms with van der Waals surface area (Å²) in [4.78, 5) is 22.4. The first-order valence-corrected chi connectivity index (χ1v) is 4.97. The van der Waals surface area contributed by atoms with Gasteiger partial charge in [0, 0.05) is 6.08 Å². The number of carbonyl (C=O) groups is 2. The summed E-state index contributed by atoms with van der Waals surface area (Å²) in [5.74, 6) is -1.06. The maximum atomic E-state index is 11.2. The van der Waals surface area contributed by atoms with Crippen LogP contribution in [0.4, 0.5) is 0 Å². The summed E-state index contributed by atoms with van der Waals surface area (Å²) in [6, 6.07) is 11.6. The van der Waals surface area contributed by atoms with Gasteiger partial charge in [-0.1, -0.05) is 24.3 Å². The average Bonchev–Trinajstić information content (AvgIpc) is 2.28. The van der Waals surface area contributed by atoms with E-state index in [1.54, 1.807) is 0 Å². The molecule has 0 spiro atoms. The number of benzene rings is 2. The Morgan fingerprint density at radius 2 is 1.62 bits per heavy atom. The maximum absolute atomic E-state index is 11.2. The van der Waals surface area contributed by atoms with Gasteiger partial charge in [-0.2, -0.15) is 0 Å². The predicted molar refractivity (Wildman–Crippen MR) is 61.1 cm³/mol. The summed E-state index contributed by atoms with van der Waals surface area (Å²) in [5.41, 5.74) is 0. The van der Waals surface area contributed by atoms with Gasteiger partial charge in [0.15, 0.2) is 0 Å². The fraction of sp³-hybridized carbons (Fsp3) is 0. The fourth-order valence-corrected chi connectivity index (χ4v) is 1.88. The molecule has 2 aromatic rings. The van der Waals surface area contributed by atoms with Gasteiger partial charge in [-0.3, -0.25) is 9.59 Å². The molecule has 1 aliphatic carbocycles. The number of hydrogen-bond acceptors (Lipinski definition) is 2. The summed E-state index contributed by atoms with van der Waals surface area (Å²) in [7, 11) is 0. The van der Waals surface area contributed by atoms with E-state index in [4.69, 9.17) is 0 Å². The zero-order chi connectivity index (χ0) is 11.1. The molecule has 16 heavy (non-hydrogen) atoms. The second kappa shape index (κ2) is 3.14. The Kier molecular flexibility index (Phi) is 1.77. The first-order chi connectivity index (χ1) is 7.74. The van der Waals surface area contributed by atoms with E-state index in [-0.39, 0.29) is 0 Å². The van der Waals surface area contributed by atoms with Crippen molar-refractivity contribution in [2.45, 2.75) is 0 Å². The van der Waals surface area contributed by atoms with E-state index in [2.05, 4.69) is 6.08 Å². The highest BCUT2D eigenvalue weighted by Gasteiger charge is 2.12. The van der Waals surface area contributed by atoms with Crippen molar-refractivity contribution in [3.05, 3.63) is 46.8 Å². The zero-order valence-corrected chi connectivity index (χ0v) is 8.36. The molecule has 0 aromatic heterocycles. The Morgan fingerprint density at radius 3 is 2.38 bits per heavy atom. The predicted octanol–water partition coefficient (Wildman–Crippen LogP) is 0.430. The number of rotatable bonds is 0. The summed E-state index contributed by atoms with van der Waals surface area (Å²) < 4.78 is 0. The fourth-order valence-electron chi connectivity index (χ4n) is 1.88. The molecule has 0 atom stereocenters. The molecular formula is C14H7O2. The van der Waals surface area contributed by atoms with Gasteiger partial charge in [-0.25, -0.2) is 0 Å². The molecule has 1 aliphatic rings. The van der Waals surface area contributed by atoms with Crippen LogP contribution in [-0.2, 0) is 9.59 Å². The SMILES string of the molecule is O=C1[C]=c2cc3ccccc3cc2=CC1=O. The van der Waals surface area contributed by atoms with Crippen LogP contribution in [0.1, 0.15) is 0 Å². The third kappa shape index (κ3) is 1.27. The molecule has 0 fully saturated rings. The van der Waals surface area contributed by atoms with E-state index in [9.17, 15) is 9.59 Å². The second-order valence-corrected chi connectivity index (χ2v) is 3.75. The van der Waals surface area contributed by atoms with Crippen LogP contribution in [0.25, 0.3) is 22.9 Å². The topological polar surface area (TPSA) is 34.1 Å². The van der Waals surface area contributed by atoms with Crippen LogP contribution >= 0.6 is 0 Å². The van der Waals surface area contributed by atoms with E-state index in [0.29, 0.717) is 5.22 Å². The van der Waals surface area contributed by atoms with E-state index in [1.807, 2.05) is 36.4 Å². The standard InChI is InChI=1S/C14H7O2/c15-13-7-11-5-9-3-1-2-4-10(9)6-12(11)8-14(13)16/h1-7H. The summed E-state index contributed by atoms with van der Waals surface area (Å²) in [5, 5.41) is 3.57. The normalized spacial score (nSPS) is 14.2. The first-order valence-electron chi connectivity index (χ1n) is 4.97. The van der Waals surface area contributed by atoms with E-state index in [0.717, 1.165) is 16.0 Å². The van der Waals surface area contributed by atoms with Crippen LogP contribution in [0.2, 0.25) is 0 Å². The number of carbonyl (C=O) groups excluding carboxylic acids is 2. The van der Waals surface area contributed by atoms with Crippen LogP contribution in [0.15, 0.2) is 36.4 Å². The summed E-state index contributed by atoms with van der Waals surface area (Å²) >= 11 is 0. The molecule has 0 amide bonds. The number of Topliss-reactive ketones (excluding diaryl/α,β-unsaturated/α-hetero) is 2. The van der Waals surface area contributed by atoms with E-state index < -0.39 is 11.6 Å². The Balaban J connectivity index is 2.50. The summed E-state index contributed by atoms with van der Waals surface area (Å²) in [6.45, 7) is 0. The van der Waals surface area contributed by atoms with Crippen LogP contribution in [0.5, 0.6) is 0 Å². The molecule has 0 saturated heterocycles. The van der Waals surface area contributed by atoms with Crippen LogP contribution < -0.4 is 10.4 Å². The van der Waals surface area contributed by atoms with Crippen molar-refractivity contribution in [1.29, 1.82) is 0 Å². The molecular weight excluding hydrogens is 200 g/mol. The lowest BCUT2D eigenvalue weighted by Gasteiger charge is -2.01. The highest BCUT2D eigenvalue weighted by atomic mass is 16.2. The molecule has 0 N–H and O–H groups in total. The maximum Gasteiger partial charge on any atom is 0.234 e. The van der Waals surface area contributed by atoms with Crippen molar-refractivity contribution in [2.75, 3.05) is 0 Å². The molecule has 2 nitrogen and oxygen atoms in total. The van der Waals surface area contributed by atoms with Gasteiger partial charge >= 0.3 is 0 Å². The van der Waals surface area contributed by atoms with Gasteiger partial charge in [0.05, 0.1) is 0 Å². The minimum atomic E-state index is -0.567. The van der Waals surface area contributed by atoms with Crippen molar-refractivity contribution >= 4 is 34.5 Å². The summed E-state index contributed by atoms with van der Waals surface area (Å²) in [6.07, 6.45) is 3.96. The second-order valence-electron chi connectivity index (χ2n) is 3.75. The third-order valence-electron chi connectivity index (χ3n) is 2.68. The van der Waals surface area contributed by atoms with Crippen LogP contribution in [0, 0.1) is 0 Å². The Morgan fingerprint density at radius 1 is 0.938 bits per heavy atom. The van der Waals surface area contributed by atoms with Crippen molar-refractivity contribution in [2.24, 2.45) is 0 Å². The average molecular weight is 207 g/mol. The largest absolute Gasteiger partial charge is 0.286 e. The van der Waals surface area contributed by atoms with Crippen molar-refractivity contribution in [3.63, 3.8) is 0 Å². The Labute approximate surface area is 91.5 Å². The lowest BCUT2D eigenvalue weighted by Crippen LogP contribution is -2.33. The molecule has 1 radical (unpaired) electrons. The van der Waals surface area contributed by atoms with Gasteiger partial charge < -0.3 is 0 Å². The van der Waals surface area contributed by atoms with Gasteiger partial charge in [-0.15, -0.1) is 0 Å². The van der Waals surface area contributed by atoms with E-state index in [1.165, 1.54) is 6.08 Å². The highest BCUT2D eigenvalue weighted by Crippen LogP contribution is 2.08. The molecule has 75 valence electrons.